The number of furan rings is 1. The average molecular weight is 332 g/mol. The van der Waals surface area contributed by atoms with Gasteiger partial charge in [-0.25, -0.2) is 4.79 Å². The number of hydrogen-bond donors (Lipinski definition) is 0. The van der Waals surface area contributed by atoms with E-state index in [1.54, 1.807) is 18.2 Å². The first-order valence-corrected chi connectivity index (χ1v) is 7.46. The van der Waals surface area contributed by atoms with Gasteiger partial charge in [-0.15, -0.1) is 0 Å². The maximum Gasteiger partial charge on any atom is 0.338 e. The molecule has 0 N–H and O–H groups in total. The molecule has 1 aromatic heterocycles. The molecule has 0 atom stereocenters. The highest BCUT2D eigenvalue weighted by molar-refractivity contribution is 5.91. The molecule has 24 heavy (non-hydrogen) atoms. The van der Waals surface area contributed by atoms with E-state index in [1.807, 2.05) is 4.90 Å². The number of esters is 1. The quantitative estimate of drug-likeness (QED) is 0.471. The Bertz CT molecular complexity index is 722. The Labute approximate surface area is 137 Å². The normalized spacial score (nSPS) is 14.4. The summed E-state index contributed by atoms with van der Waals surface area (Å²) in [5.74, 6) is -0.134. The average Bonchev–Trinajstić information content (AvgIpc) is 3.13. The summed E-state index contributed by atoms with van der Waals surface area (Å²) in [6.07, 6.45) is 1.48. The van der Waals surface area contributed by atoms with Gasteiger partial charge in [0, 0.05) is 19.2 Å². The molecule has 0 bridgehead atoms. The van der Waals surface area contributed by atoms with Crippen LogP contribution in [0.5, 0.6) is 0 Å². The first kappa shape index (κ1) is 16.0. The first-order valence-electron chi connectivity index (χ1n) is 7.46. The number of carbonyl (C=O) groups is 1. The van der Waals surface area contributed by atoms with Crippen molar-refractivity contribution < 1.29 is 23.6 Å². The van der Waals surface area contributed by atoms with E-state index in [0.717, 1.165) is 0 Å². The fourth-order valence-corrected chi connectivity index (χ4v) is 2.48. The van der Waals surface area contributed by atoms with Crippen LogP contribution in [-0.2, 0) is 16.1 Å². The molecule has 8 nitrogen and oxygen atoms in total. The minimum Gasteiger partial charge on any atom is -0.466 e. The van der Waals surface area contributed by atoms with E-state index in [9.17, 15) is 14.9 Å². The third kappa shape index (κ3) is 3.54. The monoisotopic (exact) mass is 332 g/mol. The smallest absolute Gasteiger partial charge is 0.338 e. The lowest BCUT2D eigenvalue weighted by Gasteiger charge is -2.28. The molecular weight excluding hydrogens is 316 g/mol. The molecule has 8 heteroatoms. The van der Waals surface area contributed by atoms with E-state index < -0.39 is 10.9 Å². The van der Waals surface area contributed by atoms with Crippen LogP contribution in [0.15, 0.2) is 41.0 Å². The molecular formula is C16H16N2O6. The molecule has 3 rings (SSSR count). The predicted molar refractivity (Wildman–Crippen MR) is 84.0 cm³/mol. The maximum atomic E-state index is 12.1. The highest BCUT2D eigenvalue weighted by Gasteiger charge is 2.23. The molecule has 0 unspecified atom stereocenters. The topological polar surface area (TPSA) is 95.0 Å². The molecule has 1 aromatic carbocycles. The second kappa shape index (κ2) is 7.14. The van der Waals surface area contributed by atoms with Crippen LogP contribution >= 0.6 is 0 Å². The maximum absolute atomic E-state index is 12.1. The van der Waals surface area contributed by atoms with Crippen LogP contribution < -0.4 is 4.90 Å². The molecule has 2 aromatic rings. The van der Waals surface area contributed by atoms with Gasteiger partial charge in [0.25, 0.3) is 5.69 Å². The van der Waals surface area contributed by atoms with Gasteiger partial charge in [0.15, 0.2) is 0 Å². The number of nitrogens with zero attached hydrogens (tertiary/aromatic N) is 2. The summed E-state index contributed by atoms with van der Waals surface area (Å²) in [6.45, 7) is 2.16. The molecule has 1 aliphatic rings. The molecule has 2 heterocycles. The lowest BCUT2D eigenvalue weighted by atomic mass is 10.1. The zero-order valence-corrected chi connectivity index (χ0v) is 12.8. The zero-order chi connectivity index (χ0) is 16.9. The molecule has 0 spiro atoms. The number of nitro benzene ring substituents is 1. The number of hydrogen-bond acceptors (Lipinski definition) is 7. The molecule has 0 radical (unpaired) electrons. The van der Waals surface area contributed by atoms with Crippen molar-refractivity contribution in [1.82, 2.24) is 0 Å². The first-order chi connectivity index (χ1) is 11.6. The van der Waals surface area contributed by atoms with E-state index in [0.29, 0.717) is 37.8 Å². The Balaban J connectivity index is 1.77. The standard InChI is InChI=1S/C16H16N2O6/c19-16(24-11-13-2-1-7-23-13)12-3-4-14(15(10-12)18(20)21)17-5-8-22-9-6-17/h1-4,7,10H,5-6,8-9,11H2. The molecule has 0 amide bonds. The number of nitro groups is 1. The minimum absolute atomic E-state index is 0.0230. The zero-order valence-electron chi connectivity index (χ0n) is 12.8. The predicted octanol–water partition coefficient (Wildman–Crippen LogP) is 2.38. The van der Waals surface area contributed by atoms with Crippen molar-refractivity contribution in [2.75, 3.05) is 31.2 Å². The summed E-state index contributed by atoms with van der Waals surface area (Å²) in [7, 11) is 0. The van der Waals surface area contributed by atoms with Crippen LogP contribution in [0.4, 0.5) is 11.4 Å². The van der Waals surface area contributed by atoms with Gasteiger partial charge in [0.1, 0.15) is 18.1 Å². The fraction of sp³-hybridized carbons (Fsp3) is 0.312. The summed E-state index contributed by atoms with van der Waals surface area (Å²) < 4.78 is 15.4. The van der Waals surface area contributed by atoms with Crippen LogP contribution in [0.1, 0.15) is 16.1 Å². The van der Waals surface area contributed by atoms with Crippen molar-refractivity contribution in [1.29, 1.82) is 0 Å². The summed E-state index contributed by atoms with van der Waals surface area (Å²) in [6, 6.07) is 7.72. The Morgan fingerprint density at radius 1 is 1.29 bits per heavy atom. The second-order valence-electron chi connectivity index (χ2n) is 5.22. The van der Waals surface area contributed by atoms with Gasteiger partial charge in [0.05, 0.1) is 30.0 Å². The van der Waals surface area contributed by atoms with E-state index in [-0.39, 0.29) is 17.9 Å². The van der Waals surface area contributed by atoms with Crippen molar-refractivity contribution in [3.05, 3.63) is 58.0 Å². The van der Waals surface area contributed by atoms with Crippen LogP contribution in [0.3, 0.4) is 0 Å². The van der Waals surface area contributed by atoms with Crippen LogP contribution in [0, 0.1) is 10.1 Å². The summed E-state index contributed by atoms with van der Waals surface area (Å²) >= 11 is 0. The summed E-state index contributed by atoms with van der Waals surface area (Å²) in [5, 5.41) is 11.4. The van der Waals surface area contributed by atoms with E-state index >= 15 is 0 Å². The Kier molecular flexibility index (Phi) is 4.76. The minimum atomic E-state index is -0.636. The Hall–Kier alpha value is -2.87. The van der Waals surface area contributed by atoms with Crippen molar-refractivity contribution >= 4 is 17.3 Å². The number of morpholine rings is 1. The Morgan fingerprint density at radius 2 is 2.08 bits per heavy atom. The summed E-state index contributed by atoms with van der Waals surface area (Å²) in [4.78, 5) is 24.8. The van der Waals surface area contributed by atoms with Crippen molar-refractivity contribution in [2.45, 2.75) is 6.61 Å². The molecule has 126 valence electrons. The molecule has 0 aliphatic carbocycles. The van der Waals surface area contributed by atoms with E-state index in [4.69, 9.17) is 13.9 Å². The molecule has 1 fully saturated rings. The van der Waals surface area contributed by atoms with Gasteiger partial charge < -0.3 is 18.8 Å². The van der Waals surface area contributed by atoms with Gasteiger partial charge >= 0.3 is 5.97 Å². The number of rotatable bonds is 5. The van der Waals surface area contributed by atoms with Crippen molar-refractivity contribution in [3.8, 4) is 0 Å². The second-order valence-corrected chi connectivity index (χ2v) is 5.22. The lowest BCUT2D eigenvalue weighted by Crippen LogP contribution is -2.36. The third-order valence-electron chi connectivity index (χ3n) is 3.69. The number of anilines is 1. The van der Waals surface area contributed by atoms with Gasteiger partial charge in [-0.1, -0.05) is 0 Å². The Morgan fingerprint density at radius 3 is 2.75 bits per heavy atom. The largest absolute Gasteiger partial charge is 0.466 e. The molecule has 1 aliphatic heterocycles. The van der Waals surface area contributed by atoms with E-state index in [2.05, 4.69) is 0 Å². The highest BCUT2D eigenvalue weighted by Crippen LogP contribution is 2.30. The van der Waals surface area contributed by atoms with Gasteiger partial charge in [-0.3, -0.25) is 10.1 Å². The SMILES string of the molecule is O=C(OCc1ccco1)c1ccc(N2CCOCC2)c([N+](=O)[O-])c1. The lowest BCUT2D eigenvalue weighted by molar-refractivity contribution is -0.384. The number of carbonyl (C=O) groups excluding carboxylic acids is 1. The van der Waals surface area contributed by atoms with Gasteiger partial charge in [-0.2, -0.15) is 0 Å². The highest BCUT2D eigenvalue weighted by atomic mass is 16.6. The van der Waals surface area contributed by atoms with Gasteiger partial charge in [0.2, 0.25) is 0 Å². The summed E-state index contributed by atoms with van der Waals surface area (Å²) in [5.41, 5.74) is 0.487. The van der Waals surface area contributed by atoms with Crippen molar-refractivity contribution in [3.63, 3.8) is 0 Å². The van der Waals surface area contributed by atoms with Crippen LogP contribution in [0.25, 0.3) is 0 Å². The van der Waals surface area contributed by atoms with Crippen LogP contribution in [-0.4, -0.2) is 37.2 Å². The van der Waals surface area contributed by atoms with Crippen LogP contribution in [0.2, 0.25) is 0 Å². The van der Waals surface area contributed by atoms with E-state index in [1.165, 1.54) is 18.4 Å². The number of ether oxygens (including phenoxy) is 2. The number of benzene rings is 1. The molecule has 0 saturated carbocycles. The van der Waals surface area contributed by atoms with Gasteiger partial charge in [-0.05, 0) is 24.3 Å². The third-order valence-corrected chi connectivity index (χ3v) is 3.69. The fourth-order valence-electron chi connectivity index (χ4n) is 2.48. The molecule has 1 saturated heterocycles. The van der Waals surface area contributed by atoms with Crippen molar-refractivity contribution in [2.24, 2.45) is 0 Å².